The second-order valence-corrected chi connectivity index (χ2v) is 3.78. The van der Waals surface area contributed by atoms with Gasteiger partial charge in [-0.1, -0.05) is 0 Å². The van der Waals surface area contributed by atoms with Crippen molar-refractivity contribution in [2.75, 3.05) is 0 Å². The van der Waals surface area contributed by atoms with Gasteiger partial charge in [0, 0.05) is 11.4 Å². The molecule has 14 heavy (non-hydrogen) atoms. The third-order valence-electron chi connectivity index (χ3n) is 2.46. The van der Waals surface area contributed by atoms with E-state index >= 15 is 0 Å². The van der Waals surface area contributed by atoms with Gasteiger partial charge in [-0.2, -0.15) is 0 Å². The third-order valence-corrected chi connectivity index (χ3v) is 2.93. The fourth-order valence-electron chi connectivity index (χ4n) is 1.57. The van der Waals surface area contributed by atoms with Crippen LogP contribution in [-0.4, -0.2) is 17.2 Å². The van der Waals surface area contributed by atoms with E-state index in [-0.39, 0.29) is 0 Å². The van der Waals surface area contributed by atoms with Crippen LogP contribution in [0.15, 0.2) is 11.0 Å². The Bertz CT molecular complexity index is 355. The lowest BCUT2D eigenvalue weighted by atomic mass is 9.73. The van der Waals surface area contributed by atoms with Crippen LogP contribution in [0.5, 0.6) is 0 Å². The highest BCUT2D eigenvalue weighted by Gasteiger charge is 2.20. The van der Waals surface area contributed by atoms with Gasteiger partial charge in [0.15, 0.2) is 0 Å². The third kappa shape index (κ3) is 1.96. The summed E-state index contributed by atoms with van der Waals surface area (Å²) in [7, 11) is -1.47. The Morgan fingerprint density at radius 3 is 2.36 bits per heavy atom. The molecule has 4 N–H and O–H groups in total. The molecule has 0 atom stereocenters. The molecule has 0 aliphatic heterocycles. The lowest BCUT2D eigenvalue weighted by Gasteiger charge is -2.14. The summed E-state index contributed by atoms with van der Waals surface area (Å²) in [4.78, 5) is 0.735. The average Bonchev–Trinajstić information content (AvgIpc) is 2.11. The first kappa shape index (κ1) is 11.6. The van der Waals surface area contributed by atoms with Gasteiger partial charge in [-0.15, -0.1) is 12.6 Å². The van der Waals surface area contributed by atoms with Gasteiger partial charge in [0.1, 0.15) is 0 Å². The van der Waals surface area contributed by atoms with Crippen LogP contribution in [0.2, 0.25) is 0 Å². The molecule has 76 valence electrons. The Morgan fingerprint density at radius 2 is 1.93 bits per heavy atom. The number of thiol groups is 1. The van der Waals surface area contributed by atoms with Crippen LogP contribution in [0, 0.1) is 13.8 Å². The van der Waals surface area contributed by atoms with Gasteiger partial charge in [0.2, 0.25) is 0 Å². The molecule has 0 bridgehead atoms. The van der Waals surface area contributed by atoms with Crippen molar-refractivity contribution < 1.29 is 10.0 Å². The van der Waals surface area contributed by atoms with E-state index in [9.17, 15) is 10.0 Å². The molecular weight excluding hydrogens is 197 g/mol. The van der Waals surface area contributed by atoms with Crippen molar-refractivity contribution in [1.29, 1.82) is 0 Å². The van der Waals surface area contributed by atoms with Gasteiger partial charge in [0.25, 0.3) is 0 Å². The molecule has 0 aliphatic rings. The van der Waals surface area contributed by atoms with E-state index in [0.29, 0.717) is 12.0 Å². The Morgan fingerprint density at radius 1 is 1.36 bits per heavy atom. The monoisotopic (exact) mass is 211 g/mol. The molecule has 0 saturated carbocycles. The quantitative estimate of drug-likeness (QED) is 0.402. The Kier molecular flexibility index (Phi) is 3.61. The van der Waals surface area contributed by atoms with E-state index in [1.807, 2.05) is 19.9 Å². The highest BCUT2D eigenvalue weighted by molar-refractivity contribution is 7.80. The minimum atomic E-state index is -1.47. The van der Waals surface area contributed by atoms with Gasteiger partial charge in [0.05, 0.1) is 0 Å². The molecule has 0 saturated heterocycles. The second kappa shape index (κ2) is 4.36. The van der Waals surface area contributed by atoms with Crippen LogP contribution < -0.4 is 11.2 Å². The Labute approximate surface area is 89.5 Å². The Balaban J connectivity index is 3.45. The van der Waals surface area contributed by atoms with E-state index in [4.69, 9.17) is 5.73 Å². The van der Waals surface area contributed by atoms with Crippen LogP contribution in [0.25, 0.3) is 0 Å². The molecule has 0 unspecified atom stereocenters. The molecule has 0 heterocycles. The minimum Gasteiger partial charge on any atom is -0.423 e. The maximum atomic E-state index is 9.21. The van der Waals surface area contributed by atoms with E-state index in [1.165, 1.54) is 0 Å². The molecule has 1 rings (SSSR count). The van der Waals surface area contributed by atoms with Gasteiger partial charge >= 0.3 is 7.12 Å². The molecule has 0 aromatic heterocycles. The summed E-state index contributed by atoms with van der Waals surface area (Å²) >= 11 is 4.26. The molecule has 0 fully saturated rings. The number of hydrogen-bond acceptors (Lipinski definition) is 4. The predicted molar refractivity (Wildman–Crippen MR) is 60.9 cm³/mol. The highest BCUT2D eigenvalue weighted by atomic mass is 32.1. The topological polar surface area (TPSA) is 66.5 Å². The molecule has 5 heteroatoms. The summed E-state index contributed by atoms with van der Waals surface area (Å²) < 4.78 is 0. The number of nitrogens with two attached hydrogens (primary N) is 1. The zero-order chi connectivity index (χ0) is 10.9. The maximum absolute atomic E-state index is 9.21. The van der Waals surface area contributed by atoms with Crippen molar-refractivity contribution in [3.63, 3.8) is 0 Å². The van der Waals surface area contributed by atoms with Crippen molar-refractivity contribution in [3.8, 4) is 0 Å². The van der Waals surface area contributed by atoms with E-state index in [1.54, 1.807) is 0 Å². The first-order valence-electron chi connectivity index (χ1n) is 4.37. The summed E-state index contributed by atoms with van der Waals surface area (Å²) in [5, 5.41) is 18.4. The molecule has 0 amide bonds. The normalized spacial score (nSPS) is 10.4. The predicted octanol–water partition coefficient (Wildman–Crippen LogP) is -0.269. The average molecular weight is 211 g/mol. The lowest BCUT2D eigenvalue weighted by molar-refractivity contribution is 0.425. The lowest BCUT2D eigenvalue weighted by Crippen LogP contribution is -2.35. The SMILES string of the molecule is Cc1c(S)cc(CN)c(C)c1B(O)O. The zero-order valence-electron chi connectivity index (χ0n) is 8.28. The molecule has 0 radical (unpaired) electrons. The van der Waals surface area contributed by atoms with Crippen LogP contribution in [0.4, 0.5) is 0 Å². The van der Waals surface area contributed by atoms with Crippen molar-refractivity contribution in [2.45, 2.75) is 25.3 Å². The fraction of sp³-hybridized carbons (Fsp3) is 0.333. The second-order valence-electron chi connectivity index (χ2n) is 3.30. The zero-order valence-corrected chi connectivity index (χ0v) is 9.18. The molecule has 3 nitrogen and oxygen atoms in total. The largest absolute Gasteiger partial charge is 0.489 e. The first-order chi connectivity index (χ1) is 6.49. The van der Waals surface area contributed by atoms with E-state index in [2.05, 4.69) is 12.6 Å². The summed E-state index contributed by atoms with van der Waals surface area (Å²) in [6, 6.07) is 1.86. The molecule has 1 aromatic carbocycles. The van der Waals surface area contributed by atoms with Crippen molar-refractivity contribution in [2.24, 2.45) is 5.73 Å². The van der Waals surface area contributed by atoms with E-state index < -0.39 is 7.12 Å². The first-order valence-corrected chi connectivity index (χ1v) is 4.82. The molecule has 0 spiro atoms. The van der Waals surface area contributed by atoms with Crippen LogP contribution in [0.3, 0.4) is 0 Å². The number of benzene rings is 1. The molecule has 1 aromatic rings. The molecular formula is C9H14BNO2S. The fourth-order valence-corrected chi connectivity index (χ4v) is 1.85. The smallest absolute Gasteiger partial charge is 0.423 e. The standard InChI is InChI=1S/C9H14BNO2S/c1-5-7(4-11)3-8(14)6(2)9(5)10(12)13/h3,12-14H,4,11H2,1-2H3. The van der Waals surface area contributed by atoms with E-state index in [0.717, 1.165) is 21.6 Å². The van der Waals surface area contributed by atoms with Crippen molar-refractivity contribution in [1.82, 2.24) is 0 Å². The summed E-state index contributed by atoms with van der Waals surface area (Å²) in [6.45, 7) is 4.01. The van der Waals surface area contributed by atoms with Crippen LogP contribution in [0.1, 0.15) is 16.7 Å². The van der Waals surface area contributed by atoms with Gasteiger partial charge in [-0.3, -0.25) is 0 Å². The van der Waals surface area contributed by atoms with Gasteiger partial charge in [-0.25, -0.2) is 0 Å². The number of hydrogen-bond donors (Lipinski definition) is 4. The highest BCUT2D eigenvalue weighted by Crippen LogP contribution is 2.17. The summed E-state index contributed by atoms with van der Waals surface area (Å²) in [6.07, 6.45) is 0. The van der Waals surface area contributed by atoms with Gasteiger partial charge in [-0.05, 0) is 42.1 Å². The number of rotatable bonds is 2. The summed E-state index contributed by atoms with van der Waals surface area (Å²) in [5.41, 5.74) is 8.57. The van der Waals surface area contributed by atoms with Crippen LogP contribution >= 0.6 is 12.6 Å². The maximum Gasteiger partial charge on any atom is 0.489 e. The molecule has 0 aliphatic carbocycles. The van der Waals surface area contributed by atoms with Crippen molar-refractivity contribution >= 4 is 25.2 Å². The minimum absolute atomic E-state index is 0.374. The summed E-state index contributed by atoms with van der Waals surface area (Å²) in [5.74, 6) is 0. The van der Waals surface area contributed by atoms with Crippen LogP contribution in [-0.2, 0) is 6.54 Å². The van der Waals surface area contributed by atoms with Gasteiger partial charge < -0.3 is 15.8 Å². The Hall–Kier alpha value is -0.485. The van der Waals surface area contributed by atoms with Crippen molar-refractivity contribution in [3.05, 3.63) is 22.8 Å².